The lowest BCUT2D eigenvalue weighted by Gasteiger charge is -2.23. The van der Waals surface area contributed by atoms with E-state index in [0.717, 1.165) is 5.56 Å². The molecule has 0 radical (unpaired) electrons. The third kappa shape index (κ3) is 4.46. The molecule has 4 rings (SSSR count). The number of nitrogens with zero attached hydrogens (tertiary/aromatic N) is 2. The second-order valence-corrected chi connectivity index (χ2v) is 8.39. The normalized spacial score (nSPS) is 18.1. The van der Waals surface area contributed by atoms with Crippen molar-refractivity contribution < 1.29 is 14.4 Å². The Morgan fingerprint density at radius 3 is 2.53 bits per heavy atom. The minimum atomic E-state index is -0.653. The number of primary amides is 1. The number of halogens is 1. The fourth-order valence-corrected chi connectivity index (χ4v) is 4.26. The summed E-state index contributed by atoms with van der Waals surface area (Å²) in [6.45, 7) is 0.275. The van der Waals surface area contributed by atoms with Gasteiger partial charge in [0.05, 0.1) is 17.2 Å². The fraction of sp³-hybridized carbons (Fsp3) is 0.261. The first-order chi connectivity index (χ1) is 15.3. The molecule has 9 heteroatoms. The number of nitrogens with one attached hydrogen (secondary N) is 1. The standard InChI is InChI=1S/C23H24ClN5O3/c24-15-8-5-14(6-9-15)7-10-21(30)20-11-16(25)12-29(20)23(32)27-18-13-28(22(26)31)19-4-2-1-3-17(18)19/h1-6,8-9,13,16,20H,7,10-12,25H2,(H2,26,31)(H,27,32)/t16-,20-/m0/s1. The van der Waals surface area contributed by atoms with Gasteiger partial charge in [0.2, 0.25) is 0 Å². The lowest BCUT2D eigenvalue weighted by atomic mass is 10.0. The number of Topliss-reactive ketones (excluding diaryl/α,β-unsaturated/α-hetero) is 1. The zero-order chi connectivity index (χ0) is 22.8. The van der Waals surface area contributed by atoms with Gasteiger partial charge in [0.15, 0.2) is 5.78 Å². The third-order valence-corrected chi connectivity index (χ3v) is 5.98. The van der Waals surface area contributed by atoms with Crippen molar-refractivity contribution in [3.63, 3.8) is 0 Å². The quantitative estimate of drug-likeness (QED) is 0.548. The number of ketones is 1. The van der Waals surface area contributed by atoms with E-state index in [4.69, 9.17) is 23.1 Å². The van der Waals surface area contributed by atoms with Crippen LogP contribution in [0.3, 0.4) is 0 Å². The van der Waals surface area contributed by atoms with Crippen molar-refractivity contribution in [3.8, 4) is 0 Å². The number of likely N-dealkylation sites (tertiary alicyclic amines) is 1. The second-order valence-electron chi connectivity index (χ2n) is 7.96. The first-order valence-corrected chi connectivity index (χ1v) is 10.7. The summed E-state index contributed by atoms with van der Waals surface area (Å²) >= 11 is 5.91. The van der Waals surface area contributed by atoms with E-state index in [1.807, 2.05) is 12.1 Å². The lowest BCUT2D eigenvalue weighted by molar-refractivity contribution is -0.122. The lowest BCUT2D eigenvalue weighted by Crippen LogP contribution is -2.43. The monoisotopic (exact) mass is 453 g/mol. The zero-order valence-corrected chi connectivity index (χ0v) is 18.1. The van der Waals surface area contributed by atoms with Crippen LogP contribution in [0.1, 0.15) is 18.4 Å². The molecule has 3 amide bonds. The maximum absolute atomic E-state index is 13.1. The van der Waals surface area contributed by atoms with Gasteiger partial charge in [-0.2, -0.15) is 0 Å². The summed E-state index contributed by atoms with van der Waals surface area (Å²) in [5, 5.41) is 4.14. The van der Waals surface area contributed by atoms with E-state index in [9.17, 15) is 14.4 Å². The third-order valence-electron chi connectivity index (χ3n) is 5.73. The molecule has 1 saturated heterocycles. The number of rotatable bonds is 5. The summed E-state index contributed by atoms with van der Waals surface area (Å²) in [5.74, 6) is -0.0392. The average molecular weight is 454 g/mol. The number of anilines is 1. The van der Waals surface area contributed by atoms with Gasteiger partial charge in [-0.3, -0.25) is 9.36 Å². The highest BCUT2D eigenvalue weighted by molar-refractivity contribution is 6.30. The van der Waals surface area contributed by atoms with E-state index in [0.29, 0.717) is 40.9 Å². The Bertz CT molecular complexity index is 1170. The Labute approximate surface area is 190 Å². The summed E-state index contributed by atoms with van der Waals surface area (Å²) < 4.78 is 1.27. The van der Waals surface area contributed by atoms with Gasteiger partial charge in [-0.25, -0.2) is 9.59 Å². The molecular formula is C23H24ClN5O3. The van der Waals surface area contributed by atoms with Crippen LogP contribution in [0.4, 0.5) is 15.3 Å². The molecule has 2 aromatic carbocycles. The van der Waals surface area contributed by atoms with Crippen molar-refractivity contribution in [1.29, 1.82) is 0 Å². The van der Waals surface area contributed by atoms with Gasteiger partial charge in [0.1, 0.15) is 0 Å². The zero-order valence-electron chi connectivity index (χ0n) is 17.3. The molecule has 0 spiro atoms. The smallest absolute Gasteiger partial charge is 0.323 e. The van der Waals surface area contributed by atoms with Crippen LogP contribution in [0.5, 0.6) is 0 Å². The number of aryl methyl sites for hydroxylation is 1. The molecule has 1 aliphatic heterocycles. The Morgan fingerprint density at radius 1 is 1.09 bits per heavy atom. The highest BCUT2D eigenvalue weighted by atomic mass is 35.5. The number of urea groups is 1. The van der Waals surface area contributed by atoms with Crippen molar-refractivity contribution in [2.24, 2.45) is 11.5 Å². The summed E-state index contributed by atoms with van der Waals surface area (Å²) in [4.78, 5) is 39.2. The molecular weight excluding hydrogens is 430 g/mol. The highest BCUT2D eigenvalue weighted by Crippen LogP contribution is 2.27. The number of carbonyl (C=O) groups is 3. The number of amides is 3. The van der Waals surface area contributed by atoms with Gasteiger partial charge < -0.3 is 21.7 Å². The fourth-order valence-electron chi connectivity index (χ4n) is 4.13. The van der Waals surface area contributed by atoms with Crippen LogP contribution >= 0.6 is 11.6 Å². The molecule has 1 aliphatic rings. The van der Waals surface area contributed by atoms with Gasteiger partial charge in [0, 0.05) is 35.6 Å². The molecule has 0 aliphatic carbocycles. The first kappa shape index (κ1) is 21.9. The molecule has 2 atom stereocenters. The largest absolute Gasteiger partial charge is 0.351 e. The summed E-state index contributed by atoms with van der Waals surface area (Å²) in [6, 6.07) is 12.5. The molecule has 5 N–H and O–H groups in total. The molecule has 0 bridgehead atoms. The maximum atomic E-state index is 13.1. The van der Waals surface area contributed by atoms with E-state index in [-0.39, 0.29) is 18.4 Å². The van der Waals surface area contributed by atoms with Crippen LogP contribution in [-0.4, -0.2) is 45.9 Å². The van der Waals surface area contributed by atoms with Crippen molar-refractivity contribution in [1.82, 2.24) is 9.47 Å². The van der Waals surface area contributed by atoms with Crippen LogP contribution in [0.15, 0.2) is 54.7 Å². The highest BCUT2D eigenvalue weighted by Gasteiger charge is 2.38. The Balaban J connectivity index is 1.48. The second kappa shape index (κ2) is 9.02. The van der Waals surface area contributed by atoms with Gasteiger partial charge in [-0.05, 0) is 36.6 Å². The number of benzene rings is 2. The molecule has 8 nitrogen and oxygen atoms in total. The molecule has 0 saturated carbocycles. The Kier molecular flexibility index (Phi) is 6.16. The van der Waals surface area contributed by atoms with Crippen LogP contribution < -0.4 is 16.8 Å². The SMILES string of the molecule is NC(=O)n1cc(NC(=O)N2C[C@@H](N)C[C@H]2C(=O)CCc2ccc(Cl)cc2)c2ccccc21. The summed E-state index contributed by atoms with van der Waals surface area (Å²) in [7, 11) is 0. The minimum Gasteiger partial charge on any atom is -0.351 e. The topological polar surface area (TPSA) is 123 Å². The molecule has 1 fully saturated rings. The number of hydrogen-bond donors (Lipinski definition) is 3. The van der Waals surface area contributed by atoms with Crippen LogP contribution in [0.2, 0.25) is 5.02 Å². The number of fused-ring (bicyclic) bond motifs is 1. The molecule has 3 aromatic rings. The van der Waals surface area contributed by atoms with E-state index in [2.05, 4.69) is 5.32 Å². The van der Waals surface area contributed by atoms with Gasteiger partial charge in [-0.15, -0.1) is 0 Å². The number of aromatic nitrogens is 1. The molecule has 166 valence electrons. The number of carbonyl (C=O) groups excluding carboxylic acids is 3. The molecule has 0 unspecified atom stereocenters. The summed E-state index contributed by atoms with van der Waals surface area (Å²) in [6.07, 6.45) is 2.75. The number of para-hydroxylation sites is 1. The van der Waals surface area contributed by atoms with Crippen LogP contribution in [-0.2, 0) is 11.2 Å². The molecule has 32 heavy (non-hydrogen) atoms. The van der Waals surface area contributed by atoms with Gasteiger partial charge in [0.25, 0.3) is 0 Å². The Hall–Kier alpha value is -3.36. The maximum Gasteiger partial charge on any atom is 0.323 e. The Morgan fingerprint density at radius 2 is 1.81 bits per heavy atom. The van der Waals surface area contributed by atoms with E-state index >= 15 is 0 Å². The van der Waals surface area contributed by atoms with Crippen LogP contribution in [0.25, 0.3) is 10.9 Å². The van der Waals surface area contributed by atoms with E-state index < -0.39 is 18.1 Å². The van der Waals surface area contributed by atoms with Crippen molar-refractivity contribution in [3.05, 3.63) is 65.3 Å². The minimum absolute atomic E-state index is 0.0392. The van der Waals surface area contributed by atoms with Crippen molar-refractivity contribution in [2.45, 2.75) is 31.3 Å². The first-order valence-electron chi connectivity index (χ1n) is 10.3. The predicted octanol–water partition coefficient (Wildman–Crippen LogP) is 3.36. The van der Waals surface area contributed by atoms with Crippen LogP contribution in [0, 0.1) is 0 Å². The predicted molar refractivity (Wildman–Crippen MR) is 124 cm³/mol. The van der Waals surface area contributed by atoms with Crippen molar-refractivity contribution in [2.75, 3.05) is 11.9 Å². The van der Waals surface area contributed by atoms with Crippen molar-refractivity contribution >= 4 is 46.0 Å². The van der Waals surface area contributed by atoms with Gasteiger partial charge in [-0.1, -0.05) is 41.9 Å². The number of nitrogens with two attached hydrogens (primary N) is 2. The molecule has 1 aromatic heterocycles. The molecule has 2 heterocycles. The summed E-state index contributed by atoms with van der Waals surface area (Å²) in [5.41, 5.74) is 13.6. The van der Waals surface area contributed by atoms with Gasteiger partial charge >= 0.3 is 12.1 Å². The van der Waals surface area contributed by atoms with E-state index in [1.54, 1.807) is 36.4 Å². The number of hydrogen-bond acceptors (Lipinski definition) is 4. The average Bonchev–Trinajstić information content (AvgIpc) is 3.34. The van der Waals surface area contributed by atoms with E-state index in [1.165, 1.54) is 15.7 Å².